The van der Waals surface area contributed by atoms with Crippen LogP contribution in [-0.2, 0) is 24.9 Å². The third-order valence-corrected chi connectivity index (χ3v) is 5.05. The van der Waals surface area contributed by atoms with E-state index in [-0.39, 0.29) is 11.7 Å². The number of halogens is 1. The number of hydrogen-bond acceptors (Lipinski definition) is 5. The van der Waals surface area contributed by atoms with Crippen LogP contribution in [0.2, 0.25) is 0 Å². The molecule has 1 fully saturated rings. The number of hydrogen-bond donors (Lipinski definition) is 2. The number of phosphoric ester groups is 1. The molecule has 0 bridgehead atoms. The zero-order valence-electron chi connectivity index (χ0n) is 14.3. The van der Waals surface area contributed by atoms with Gasteiger partial charge in [0.25, 0.3) is 5.79 Å². The third kappa shape index (κ3) is 3.93. The lowest BCUT2D eigenvalue weighted by molar-refractivity contribution is -0.624. The summed E-state index contributed by atoms with van der Waals surface area (Å²) in [4.78, 5) is 28.8. The molecule has 1 aliphatic heterocycles. The van der Waals surface area contributed by atoms with Gasteiger partial charge in [0, 0.05) is 23.6 Å². The van der Waals surface area contributed by atoms with Gasteiger partial charge in [0.05, 0.1) is 0 Å². The first-order valence-electron chi connectivity index (χ1n) is 7.69. The molecule has 9 heteroatoms. The van der Waals surface area contributed by atoms with Gasteiger partial charge in [-0.3, -0.25) is 9.79 Å². The Bertz CT molecular complexity index is 687. The molecule has 1 aliphatic rings. The minimum atomic E-state index is -4.68. The van der Waals surface area contributed by atoms with Crippen LogP contribution in [-0.4, -0.2) is 22.5 Å². The fraction of sp³-hybridized carbons (Fsp3) is 0.500. The zero-order chi connectivity index (χ0) is 18.9. The molecule has 25 heavy (non-hydrogen) atoms. The molecule has 3 atom stereocenters. The lowest BCUT2D eigenvalue weighted by Gasteiger charge is -2.56. The second-order valence-electron chi connectivity index (χ2n) is 6.03. The summed E-state index contributed by atoms with van der Waals surface area (Å²) in [6, 6.07) is 6.18. The molecule has 1 heterocycles. The first-order chi connectivity index (χ1) is 11.6. The van der Waals surface area contributed by atoms with Gasteiger partial charge in [-0.2, -0.15) is 4.89 Å². The summed E-state index contributed by atoms with van der Waals surface area (Å²) in [6.45, 7) is 7.57. The van der Waals surface area contributed by atoms with Crippen molar-refractivity contribution in [3.8, 4) is 5.75 Å². The van der Waals surface area contributed by atoms with E-state index in [1.807, 2.05) is 13.8 Å². The maximum Gasteiger partial charge on any atom is 0.524 e. The van der Waals surface area contributed by atoms with Gasteiger partial charge in [0.15, 0.2) is 5.60 Å². The topological polar surface area (TPSA) is 94.5 Å². The lowest BCUT2D eigenvalue weighted by atomic mass is 9.74. The van der Waals surface area contributed by atoms with Gasteiger partial charge in [0.2, 0.25) is 0 Å². The Labute approximate surface area is 151 Å². The third-order valence-electron chi connectivity index (χ3n) is 4.45. The zero-order valence-corrected chi connectivity index (χ0v) is 15.9. The molecule has 1 saturated heterocycles. The van der Waals surface area contributed by atoms with Gasteiger partial charge >= 0.3 is 7.82 Å². The van der Waals surface area contributed by atoms with Gasteiger partial charge in [0.1, 0.15) is 5.75 Å². The molecule has 1 aromatic carbocycles. The SMILES string of the molecule is C=C(Cl)CC(CC)C1(C)OOC1(OC)c1cccc(OP(=O)(O)O)c1. The predicted octanol–water partition coefficient (Wildman–Crippen LogP) is 3.85. The van der Waals surface area contributed by atoms with Gasteiger partial charge in [-0.25, -0.2) is 9.45 Å². The quantitative estimate of drug-likeness (QED) is 0.512. The molecule has 0 aliphatic carbocycles. The molecular formula is C16H22ClO7P. The Kier molecular flexibility index (Phi) is 6.01. The van der Waals surface area contributed by atoms with E-state index in [0.717, 1.165) is 6.42 Å². The minimum absolute atomic E-state index is 0.00471. The Morgan fingerprint density at radius 3 is 2.56 bits per heavy atom. The summed E-state index contributed by atoms with van der Waals surface area (Å²) in [5.41, 5.74) is -0.372. The highest BCUT2D eigenvalue weighted by Gasteiger charge is 2.66. The number of phosphoric acid groups is 1. The standard InChI is InChI=1S/C16H22ClO7P/c1-5-12(9-11(2)17)15(3)16(21-4,24-23-15)13-7-6-8-14(10-13)22-25(18,19)20/h6-8,10,12H,2,5,9H2,1,3-4H3,(H2,18,19,20). The molecule has 2 N–H and O–H groups in total. The van der Waals surface area contributed by atoms with Crippen molar-refractivity contribution in [2.75, 3.05) is 7.11 Å². The summed E-state index contributed by atoms with van der Waals surface area (Å²) < 4.78 is 21.4. The van der Waals surface area contributed by atoms with E-state index in [4.69, 9.17) is 35.9 Å². The van der Waals surface area contributed by atoms with E-state index in [0.29, 0.717) is 17.0 Å². The van der Waals surface area contributed by atoms with Crippen LogP contribution in [0.5, 0.6) is 5.75 Å². The van der Waals surface area contributed by atoms with Gasteiger partial charge in [-0.1, -0.05) is 37.2 Å². The van der Waals surface area contributed by atoms with Crippen molar-refractivity contribution < 1.29 is 33.4 Å². The highest BCUT2D eigenvalue weighted by molar-refractivity contribution is 7.46. The van der Waals surface area contributed by atoms with E-state index < -0.39 is 19.2 Å². The van der Waals surface area contributed by atoms with E-state index >= 15 is 0 Å². The minimum Gasteiger partial charge on any atom is -0.404 e. The molecule has 2 rings (SSSR count). The van der Waals surface area contributed by atoms with Crippen LogP contribution in [0.1, 0.15) is 32.3 Å². The van der Waals surface area contributed by atoms with Crippen molar-refractivity contribution in [2.45, 2.75) is 38.1 Å². The number of ether oxygens (including phenoxy) is 1. The number of benzene rings is 1. The van der Waals surface area contributed by atoms with Crippen molar-refractivity contribution in [2.24, 2.45) is 5.92 Å². The highest BCUT2D eigenvalue weighted by Crippen LogP contribution is 2.55. The smallest absolute Gasteiger partial charge is 0.404 e. The van der Waals surface area contributed by atoms with Crippen molar-refractivity contribution in [3.05, 3.63) is 41.4 Å². The normalized spacial score (nSPS) is 27.4. The number of allylic oxidation sites excluding steroid dienone is 1. The average Bonchev–Trinajstić information content (AvgIpc) is 2.50. The molecule has 0 spiro atoms. The Hall–Kier alpha value is -0.920. The first-order valence-corrected chi connectivity index (χ1v) is 9.59. The Morgan fingerprint density at radius 1 is 1.44 bits per heavy atom. The molecule has 0 amide bonds. The second-order valence-corrected chi connectivity index (χ2v) is 7.73. The van der Waals surface area contributed by atoms with E-state index in [2.05, 4.69) is 11.1 Å². The van der Waals surface area contributed by atoms with Crippen LogP contribution < -0.4 is 4.52 Å². The Balaban J connectivity index is 2.42. The van der Waals surface area contributed by atoms with Crippen LogP contribution >= 0.6 is 19.4 Å². The average molecular weight is 393 g/mol. The van der Waals surface area contributed by atoms with Crippen LogP contribution in [0.4, 0.5) is 0 Å². The molecular weight excluding hydrogens is 371 g/mol. The fourth-order valence-electron chi connectivity index (χ4n) is 3.17. The van der Waals surface area contributed by atoms with Crippen molar-refractivity contribution in [1.82, 2.24) is 0 Å². The maximum atomic E-state index is 11.1. The molecule has 3 unspecified atom stereocenters. The lowest BCUT2D eigenvalue weighted by Crippen LogP contribution is -2.67. The van der Waals surface area contributed by atoms with Crippen molar-refractivity contribution in [1.29, 1.82) is 0 Å². The summed E-state index contributed by atoms with van der Waals surface area (Å²) in [5, 5.41) is 0.493. The molecule has 0 saturated carbocycles. The van der Waals surface area contributed by atoms with Crippen LogP contribution in [0.15, 0.2) is 35.9 Å². The summed E-state index contributed by atoms with van der Waals surface area (Å²) in [6.07, 6.45) is 1.23. The van der Waals surface area contributed by atoms with Gasteiger partial charge < -0.3 is 9.26 Å². The molecule has 0 aromatic heterocycles. The fourth-order valence-corrected chi connectivity index (χ4v) is 3.74. The van der Waals surface area contributed by atoms with Crippen LogP contribution in [0.3, 0.4) is 0 Å². The van der Waals surface area contributed by atoms with Gasteiger partial charge in [-0.05, 0) is 31.9 Å². The summed E-state index contributed by atoms with van der Waals surface area (Å²) in [5.74, 6) is -1.33. The number of rotatable bonds is 8. The second kappa shape index (κ2) is 7.37. The maximum absolute atomic E-state index is 11.1. The van der Waals surface area contributed by atoms with Crippen molar-refractivity contribution in [3.63, 3.8) is 0 Å². The molecule has 140 valence electrons. The Morgan fingerprint density at radius 2 is 2.12 bits per heavy atom. The van der Waals surface area contributed by atoms with E-state index in [1.54, 1.807) is 12.1 Å². The van der Waals surface area contributed by atoms with Crippen LogP contribution in [0, 0.1) is 5.92 Å². The summed E-state index contributed by atoms with van der Waals surface area (Å²) >= 11 is 5.98. The van der Waals surface area contributed by atoms with Gasteiger partial charge in [-0.15, -0.1) is 0 Å². The monoisotopic (exact) mass is 392 g/mol. The van der Waals surface area contributed by atoms with Crippen LogP contribution in [0.25, 0.3) is 0 Å². The number of methoxy groups -OCH3 is 1. The van der Waals surface area contributed by atoms with E-state index in [1.165, 1.54) is 19.2 Å². The largest absolute Gasteiger partial charge is 0.524 e. The first kappa shape index (κ1) is 20.4. The van der Waals surface area contributed by atoms with E-state index in [9.17, 15) is 4.57 Å². The van der Waals surface area contributed by atoms with Crippen molar-refractivity contribution >= 4 is 19.4 Å². The highest BCUT2D eigenvalue weighted by atomic mass is 35.5. The molecule has 7 nitrogen and oxygen atoms in total. The predicted molar refractivity (Wildman–Crippen MR) is 91.8 cm³/mol. The molecule has 1 aromatic rings. The molecule has 0 radical (unpaired) electrons. The summed E-state index contributed by atoms with van der Waals surface area (Å²) in [7, 11) is -3.20.